The summed E-state index contributed by atoms with van der Waals surface area (Å²) in [6.07, 6.45) is 0. The van der Waals surface area contributed by atoms with Crippen molar-refractivity contribution in [3.05, 3.63) is 53.4 Å². The lowest BCUT2D eigenvalue weighted by atomic mass is 10.2. The Morgan fingerprint density at radius 3 is 2.70 bits per heavy atom. The molecule has 9 heteroatoms. The van der Waals surface area contributed by atoms with E-state index >= 15 is 0 Å². The Bertz CT molecular complexity index is 1020. The molecular formula is C21H23FN4O3S. The van der Waals surface area contributed by atoms with Crippen molar-refractivity contribution in [2.75, 3.05) is 19.7 Å². The van der Waals surface area contributed by atoms with Gasteiger partial charge in [0.15, 0.2) is 5.82 Å². The first-order valence-corrected chi connectivity index (χ1v) is 10.5. The molecule has 0 aliphatic heterocycles. The number of esters is 1. The number of thiophene rings is 1. The van der Waals surface area contributed by atoms with Gasteiger partial charge in [0.05, 0.1) is 17.2 Å². The van der Waals surface area contributed by atoms with Crippen LogP contribution in [0.25, 0.3) is 16.4 Å². The summed E-state index contributed by atoms with van der Waals surface area (Å²) in [6, 6.07) is 9.62. The highest BCUT2D eigenvalue weighted by Gasteiger charge is 2.26. The molecule has 0 radical (unpaired) electrons. The highest BCUT2D eigenvalue weighted by atomic mass is 32.1. The van der Waals surface area contributed by atoms with E-state index in [1.54, 1.807) is 19.1 Å². The zero-order valence-corrected chi connectivity index (χ0v) is 17.9. The van der Waals surface area contributed by atoms with Crippen LogP contribution in [0, 0.1) is 11.7 Å². The maximum Gasteiger partial charge on any atom is 0.325 e. The van der Waals surface area contributed by atoms with Crippen LogP contribution in [0.5, 0.6) is 0 Å². The molecule has 2 aromatic heterocycles. The van der Waals surface area contributed by atoms with E-state index in [0.717, 1.165) is 4.88 Å². The molecule has 2 heterocycles. The minimum atomic E-state index is -0.491. The van der Waals surface area contributed by atoms with Gasteiger partial charge in [-0.1, -0.05) is 26.0 Å². The third-order valence-electron chi connectivity index (χ3n) is 4.09. The van der Waals surface area contributed by atoms with Crippen LogP contribution >= 0.6 is 11.3 Å². The molecule has 1 aromatic carbocycles. The van der Waals surface area contributed by atoms with E-state index in [1.807, 2.05) is 31.4 Å². The molecule has 0 atom stereocenters. The van der Waals surface area contributed by atoms with Gasteiger partial charge in [-0.05, 0) is 42.5 Å². The molecule has 0 fully saturated rings. The van der Waals surface area contributed by atoms with Crippen LogP contribution in [0.4, 0.5) is 4.39 Å². The second-order valence-electron chi connectivity index (χ2n) is 7.01. The number of rotatable bonds is 8. The van der Waals surface area contributed by atoms with Gasteiger partial charge in [0.25, 0.3) is 5.91 Å². The number of amides is 1. The van der Waals surface area contributed by atoms with E-state index in [1.165, 1.54) is 33.1 Å². The van der Waals surface area contributed by atoms with Crippen molar-refractivity contribution in [3.63, 3.8) is 0 Å². The maximum absolute atomic E-state index is 13.8. The van der Waals surface area contributed by atoms with E-state index in [2.05, 4.69) is 10.1 Å². The highest BCUT2D eigenvalue weighted by molar-refractivity contribution is 7.13. The summed E-state index contributed by atoms with van der Waals surface area (Å²) in [5.74, 6) is -0.895. The molecule has 1 amide bonds. The van der Waals surface area contributed by atoms with Crippen molar-refractivity contribution in [3.8, 4) is 16.4 Å². The summed E-state index contributed by atoms with van der Waals surface area (Å²) < 4.78 is 20.2. The van der Waals surface area contributed by atoms with Crippen LogP contribution in [0.15, 0.2) is 41.8 Å². The van der Waals surface area contributed by atoms with E-state index in [9.17, 15) is 14.0 Å². The number of nitrogens with zero attached hydrogens (tertiary/aromatic N) is 4. The number of ether oxygens (including phenoxy) is 1. The largest absolute Gasteiger partial charge is 0.465 e. The number of halogens is 1. The van der Waals surface area contributed by atoms with Gasteiger partial charge in [-0.15, -0.1) is 16.4 Å². The second-order valence-corrected chi connectivity index (χ2v) is 7.96. The molecule has 158 valence electrons. The van der Waals surface area contributed by atoms with Crippen molar-refractivity contribution in [1.82, 2.24) is 19.7 Å². The molecule has 0 bridgehead atoms. The molecule has 30 heavy (non-hydrogen) atoms. The van der Waals surface area contributed by atoms with Crippen molar-refractivity contribution in [2.45, 2.75) is 20.8 Å². The molecule has 0 unspecified atom stereocenters. The molecular weight excluding hydrogens is 407 g/mol. The van der Waals surface area contributed by atoms with Crippen LogP contribution in [0.3, 0.4) is 0 Å². The number of aromatic nitrogens is 3. The van der Waals surface area contributed by atoms with E-state index < -0.39 is 17.7 Å². The minimum absolute atomic E-state index is 0.0624. The summed E-state index contributed by atoms with van der Waals surface area (Å²) in [5.41, 5.74) is 0.450. The fraction of sp³-hybridized carbons (Fsp3) is 0.333. The van der Waals surface area contributed by atoms with Gasteiger partial charge in [0.1, 0.15) is 12.4 Å². The Balaban J connectivity index is 2.00. The molecule has 0 spiro atoms. The van der Waals surface area contributed by atoms with Crippen LogP contribution in [0.2, 0.25) is 0 Å². The minimum Gasteiger partial charge on any atom is -0.465 e. The summed E-state index contributed by atoms with van der Waals surface area (Å²) in [7, 11) is 0. The number of benzene rings is 1. The lowest BCUT2D eigenvalue weighted by molar-refractivity contribution is -0.143. The van der Waals surface area contributed by atoms with Crippen LogP contribution < -0.4 is 0 Å². The average molecular weight is 431 g/mol. The molecule has 0 aliphatic rings. The zero-order valence-electron chi connectivity index (χ0n) is 17.0. The number of hydrogen-bond acceptors (Lipinski definition) is 6. The summed E-state index contributed by atoms with van der Waals surface area (Å²) in [6.45, 7) is 6.00. The maximum atomic E-state index is 13.8. The molecule has 3 rings (SSSR count). The van der Waals surface area contributed by atoms with Crippen LogP contribution in [-0.2, 0) is 9.53 Å². The Morgan fingerprint density at radius 1 is 1.27 bits per heavy atom. The fourth-order valence-electron chi connectivity index (χ4n) is 2.92. The van der Waals surface area contributed by atoms with Crippen molar-refractivity contribution in [2.24, 2.45) is 5.92 Å². The first-order valence-electron chi connectivity index (χ1n) is 9.60. The number of carbonyl (C=O) groups is 2. The monoisotopic (exact) mass is 430 g/mol. The fourth-order valence-corrected chi connectivity index (χ4v) is 3.62. The zero-order chi connectivity index (χ0) is 21.7. The van der Waals surface area contributed by atoms with Crippen molar-refractivity contribution < 1.29 is 18.7 Å². The number of carbonyl (C=O) groups excluding carboxylic acids is 2. The lowest BCUT2D eigenvalue weighted by Crippen LogP contribution is -2.39. The van der Waals surface area contributed by atoms with E-state index in [0.29, 0.717) is 18.1 Å². The van der Waals surface area contributed by atoms with Gasteiger partial charge in [-0.3, -0.25) is 9.59 Å². The Labute approximate surface area is 178 Å². The van der Waals surface area contributed by atoms with Gasteiger partial charge in [-0.2, -0.15) is 0 Å². The average Bonchev–Trinajstić information content (AvgIpc) is 3.36. The molecule has 0 saturated heterocycles. The van der Waals surface area contributed by atoms with Gasteiger partial charge < -0.3 is 9.64 Å². The normalized spacial score (nSPS) is 11.0. The van der Waals surface area contributed by atoms with Crippen LogP contribution in [-0.4, -0.2) is 51.2 Å². The molecule has 3 aromatic rings. The van der Waals surface area contributed by atoms with Gasteiger partial charge in [0, 0.05) is 6.54 Å². The SMILES string of the molecule is CCOC(=O)CN(CC(C)C)C(=O)c1nc(-c2cccs2)n(-c2cccc(F)c2)n1. The summed E-state index contributed by atoms with van der Waals surface area (Å²) in [5, 5.41) is 6.24. The third kappa shape index (κ3) is 5.10. The predicted molar refractivity (Wildman–Crippen MR) is 112 cm³/mol. The highest BCUT2D eigenvalue weighted by Crippen LogP contribution is 2.26. The standard InChI is InChI=1S/C21H23FN4O3S/c1-4-29-18(27)13-25(12-14(2)3)21(28)19-23-20(17-9-6-10-30-17)26(24-19)16-8-5-7-15(22)11-16/h5-11,14H,4,12-13H2,1-3H3. The smallest absolute Gasteiger partial charge is 0.325 e. The summed E-state index contributed by atoms with van der Waals surface area (Å²) >= 11 is 1.43. The molecule has 7 nitrogen and oxygen atoms in total. The van der Waals surface area contributed by atoms with E-state index in [-0.39, 0.29) is 24.9 Å². The van der Waals surface area contributed by atoms with E-state index in [4.69, 9.17) is 4.74 Å². The lowest BCUT2D eigenvalue weighted by Gasteiger charge is -2.22. The molecule has 0 N–H and O–H groups in total. The Morgan fingerprint density at radius 2 is 2.07 bits per heavy atom. The molecule has 0 aliphatic carbocycles. The van der Waals surface area contributed by atoms with Crippen molar-refractivity contribution >= 4 is 23.2 Å². The Hall–Kier alpha value is -3.07. The van der Waals surface area contributed by atoms with Gasteiger partial charge >= 0.3 is 5.97 Å². The predicted octanol–water partition coefficient (Wildman–Crippen LogP) is 3.80. The van der Waals surface area contributed by atoms with Crippen molar-refractivity contribution in [1.29, 1.82) is 0 Å². The quantitative estimate of drug-likeness (QED) is 0.508. The second kappa shape index (κ2) is 9.62. The van der Waals surface area contributed by atoms with Gasteiger partial charge in [-0.25, -0.2) is 14.1 Å². The first-order chi connectivity index (χ1) is 14.4. The van der Waals surface area contributed by atoms with Gasteiger partial charge in [0.2, 0.25) is 5.82 Å². The van der Waals surface area contributed by atoms with Crippen LogP contribution in [0.1, 0.15) is 31.4 Å². The molecule has 0 saturated carbocycles. The summed E-state index contributed by atoms with van der Waals surface area (Å²) in [4.78, 5) is 31.8. The first kappa shape index (κ1) is 21.6. The number of hydrogen-bond donors (Lipinski definition) is 0. The topological polar surface area (TPSA) is 77.3 Å². The third-order valence-corrected chi connectivity index (χ3v) is 4.96. The Kier molecular flexibility index (Phi) is 6.94.